The zero-order valence-corrected chi connectivity index (χ0v) is 10.9. The first-order chi connectivity index (χ1) is 9.25. The Balaban J connectivity index is 1.71. The van der Waals surface area contributed by atoms with Crippen LogP contribution in [0.2, 0.25) is 0 Å². The quantitative estimate of drug-likeness (QED) is 0.736. The lowest BCUT2D eigenvalue weighted by Crippen LogP contribution is -2.43. The van der Waals surface area contributed by atoms with Gasteiger partial charge in [0.2, 0.25) is 5.91 Å². The molecule has 0 saturated carbocycles. The monoisotopic (exact) mass is 260 g/mol. The highest BCUT2D eigenvalue weighted by atomic mass is 16.3. The fourth-order valence-corrected chi connectivity index (χ4v) is 3.09. The number of carbonyl (C=O) groups is 1. The number of fused-ring (bicyclic) bond motifs is 1. The van der Waals surface area contributed by atoms with E-state index in [0.717, 1.165) is 37.1 Å². The molecule has 2 aliphatic rings. The zero-order chi connectivity index (χ0) is 13.2. The summed E-state index contributed by atoms with van der Waals surface area (Å²) in [6.07, 6.45) is 2.10. The van der Waals surface area contributed by atoms with Gasteiger partial charge < -0.3 is 15.7 Å². The van der Waals surface area contributed by atoms with Crippen LogP contribution in [0.1, 0.15) is 30.0 Å². The van der Waals surface area contributed by atoms with Crippen LogP contribution < -0.4 is 10.6 Å². The number of carbonyl (C=O) groups excluding carboxylic acids is 1. The van der Waals surface area contributed by atoms with Gasteiger partial charge in [0.05, 0.1) is 18.1 Å². The van der Waals surface area contributed by atoms with Crippen molar-refractivity contribution in [3.8, 4) is 0 Å². The second-order valence-corrected chi connectivity index (χ2v) is 5.50. The standard InChI is InChI=1S/C15H20N2O2/c18-13-8-10-4-1-2-6-12(10)14(13)17-15(19)11-5-3-7-16-9-11/h1-2,4,6,11,13-14,16,18H,3,5,7-9H2,(H,17,19)/t11-,13-,14+/m0/s1. The Morgan fingerprint density at radius 3 is 3.00 bits per heavy atom. The van der Waals surface area contributed by atoms with E-state index < -0.39 is 6.10 Å². The molecule has 1 saturated heterocycles. The largest absolute Gasteiger partial charge is 0.390 e. The van der Waals surface area contributed by atoms with Crippen molar-refractivity contribution in [2.75, 3.05) is 13.1 Å². The average Bonchev–Trinajstić information content (AvgIpc) is 2.76. The fraction of sp³-hybridized carbons (Fsp3) is 0.533. The summed E-state index contributed by atoms with van der Waals surface area (Å²) in [6, 6.07) is 7.70. The Morgan fingerprint density at radius 1 is 1.37 bits per heavy atom. The van der Waals surface area contributed by atoms with Crippen LogP contribution in [0.5, 0.6) is 0 Å². The molecule has 3 N–H and O–H groups in total. The summed E-state index contributed by atoms with van der Waals surface area (Å²) in [4.78, 5) is 12.2. The molecule has 1 aliphatic carbocycles. The number of nitrogens with one attached hydrogen (secondary N) is 2. The molecular formula is C15H20N2O2. The number of piperidine rings is 1. The van der Waals surface area contributed by atoms with Crippen LogP contribution in [0.25, 0.3) is 0 Å². The normalized spacial score (nSPS) is 29.8. The topological polar surface area (TPSA) is 61.4 Å². The van der Waals surface area contributed by atoms with Gasteiger partial charge in [-0.2, -0.15) is 0 Å². The van der Waals surface area contributed by atoms with Gasteiger partial charge in [-0.1, -0.05) is 24.3 Å². The molecule has 0 aromatic heterocycles. The van der Waals surface area contributed by atoms with E-state index in [-0.39, 0.29) is 17.9 Å². The smallest absolute Gasteiger partial charge is 0.224 e. The van der Waals surface area contributed by atoms with Crippen LogP contribution >= 0.6 is 0 Å². The van der Waals surface area contributed by atoms with Crippen molar-refractivity contribution in [1.29, 1.82) is 0 Å². The summed E-state index contributed by atoms with van der Waals surface area (Å²) in [5.74, 6) is 0.0988. The summed E-state index contributed by atoms with van der Waals surface area (Å²) in [5, 5.41) is 16.4. The molecule has 1 amide bonds. The molecule has 3 atom stereocenters. The molecule has 1 aromatic rings. The molecule has 4 nitrogen and oxygen atoms in total. The summed E-state index contributed by atoms with van der Waals surface area (Å²) in [5.41, 5.74) is 2.20. The van der Waals surface area contributed by atoms with Gasteiger partial charge in [-0.05, 0) is 30.5 Å². The van der Waals surface area contributed by atoms with E-state index in [2.05, 4.69) is 10.6 Å². The number of rotatable bonds is 2. The van der Waals surface area contributed by atoms with E-state index in [1.807, 2.05) is 24.3 Å². The van der Waals surface area contributed by atoms with Gasteiger partial charge in [0, 0.05) is 13.0 Å². The molecule has 1 aliphatic heterocycles. The molecule has 19 heavy (non-hydrogen) atoms. The Kier molecular flexibility index (Phi) is 3.53. The minimum Gasteiger partial charge on any atom is -0.390 e. The molecular weight excluding hydrogens is 240 g/mol. The maximum absolute atomic E-state index is 12.2. The molecule has 0 unspecified atom stereocenters. The minimum atomic E-state index is -0.502. The SMILES string of the molecule is O=C(N[C@@H]1c2ccccc2C[C@@H]1O)[C@H]1CCCNC1. The highest BCUT2D eigenvalue weighted by Gasteiger charge is 2.33. The molecule has 1 fully saturated rings. The number of amides is 1. The van der Waals surface area contributed by atoms with E-state index >= 15 is 0 Å². The van der Waals surface area contributed by atoms with Crippen molar-refractivity contribution in [2.45, 2.75) is 31.4 Å². The van der Waals surface area contributed by atoms with Gasteiger partial charge in [-0.25, -0.2) is 0 Å². The third-order valence-electron chi connectivity index (χ3n) is 4.17. The van der Waals surface area contributed by atoms with Crippen LogP contribution in [0.3, 0.4) is 0 Å². The lowest BCUT2D eigenvalue weighted by atomic mass is 9.97. The fourth-order valence-electron chi connectivity index (χ4n) is 3.09. The van der Waals surface area contributed by atoms with Gasteiger partial charge in [0.15, 0.2) is 0 Å². The van der Waals surface area contributed by atoms with Gasteiger partial charge in [0.1, 0.15) is 0 Å². The van der Waals surface area contributed by atoms with Crippen molar-refractivity contribution >= 4 is 5.91 Å². The van der Waals surface area contributed by atoms with Gasteiger partial charge in [0.25, 0.3) is 0 Å². The van der Waals surface area contributed by atoms with E-state index in [1.54, 1.807) is 0 Å². The molecule has 102 valence electrons. The van der Waals surface area contributed by atoms with Crippen molar-refractivity contribution in [3.05, 3.63) is 35.4 Å². The van der Waals surface area contributed by atoms with Crippen molar-refractivity contribution in [3.63, 3.8) is 0 Å². The molecule has 1 heterocycles. The van der Waals surface area contributed by atoms with Crippen LogP contribution in [0, 0.1) is 5.92 Å². The number of aliphatic hydroxyl groups excluding tert-OH is 1. The first kappa shape index (κ1) is 12.6. The minimum absolute atomic E-state index is 0.0358. The third kappa shape index (κ3) is 2.51. The Morgan fingerprint density at radius 2 is 2.21 bits per heavy atom. The van der Waals surface area contributed by atoms with E-state index in [1.165, 1.54) is 0 Å². The molecule has 0 radical (unpaired) electrons. The highest BCUT2D eigenvalue weighted by Crippen LogP contribution is 2.31. The molecule has 0 spiro atoms. The van der Waals surface area contributed by atoms with Crippen LogP contribution in [0.4, 0.5) is 0 Å². The predicted molar refractivity (Wildman–Crippen MR) is 72.6 cm³/mol. The van der Waals surface area contributed by atoms with Gasteiger partial charge in [-0.3, -0.25) is 4.79 Å². The Bertz CT molecular complexity index is 469. The maximum atomic E-state index is 12.2. The number of benzene rings is 1. The van der Waals surface area contributed by atoms with E-state index in [0.29, 0.717) is 6.42 Å². The van der Waals surface area contributed by atoms with Crippen molar-refractivity contribution in [1.82, 2.24) is 10.6 Å². The first-order valence-corrected chi connectivity index (χ1v) is 7.02. The van der Waals surface area contributed by atoms with E-state index in [9.17, 15) is 9.90 Å². The lowest BCUT2D eigenvalue weighted by molar-refractivity contribution is -0.127. The number of hydrogen-bond donors (Lipinski definition) is 3. The number of hydrogen-bond acceptors (Lipinski definition) is 3. The van der Waals surface area contributed by atoms with Crippen LogP contribution in [-0.4, -0.2) is 30.2 Å². The maximum Gasteiger partial charge on any atom is 0.224 e. The summed E-state index contributed by atoms with van der Waals surface area (Å²) in [7, 11) is 0. The summed E-state index contributed by atoms with van der Waals surface area (Å²) in [6.45, 7) is 1.75. The summed E-state index contributed by atoms with van der Waals surface area (Å²) < 4.78 is 0. The van der Waals surface area contributed by atoms with Crippen molar-refractivity contribution in [2.24, 2.45) is 5.92 Å². The van der Waals surface area contributed by atoms with Crippen LogP contribution in [-0.2, 0) is 11.2 Å². The van der Waals surface area contributed by atoms with Crippen molar-refractivity contribution < 1.29 is 9.90 Å². The zero-order valence-electron chi connectivity index (χ0n) is 10.9. The van der Waals surface area contributed by atoms with Crippen LogP contribution in [0.15, 0.2) is 24.3 Å². The second kappa shape index (κ2) is 5.31. The average molecular weight is 260 g/mol. The Labute approximate surface area is 113 Å². The third-order valence-corrected chi connectivity index (χ3v) is 4.17. The Hall–Kier alpha value is -1.39. The van der Waals surface area contributed by atoms with Gasteiger partial charge in [-0.15, -0.1) is 0 Å². The van der Waals surface area contributed by atoms with E-state index in [4.69, 9.17) is 0 Å². The summed E-state index contributed by atoms with van der Waals surface area (Å²) >= 11 is 0. The molecule has 3 rings (SSSR count). The van der Waals surface area contributed by atoms with Gasteiger partial charge >= 0.3 is 0 Å². The molecule has 0 bridgehead atoms. The highest BCUT2D eigenvalue weighted by molar-refractivity contribution is 5.79. The lowest BCUT2D eigenvalue weighted by Gasteiger charge is -2.25. The predicted octanol–water partition coefficient (Wildman–Crippen LogP) is 0.760. The number of aliphatic hydroxyl groups is 1. The first-order valence-electron chi connectivity index (χ1n) is 7.02. The molecule has 4 heteroatoms. The molecule has 1 aromatic carbocycles. The second-order valence-electron chi connectivity index (χ2n) is 5.50.